The molecule has 3 aromatic rings. The van der Waals surface area contributed by atoms with E-state index in [9.17, 15) is 13.2 Å². The smallest absolute Gasteiger partial charge is 0.408 e. The van der Waals surface area contributed by atoms with Crippen LogP contribution in [0.15, 0.2) is 55.0 Å². The van der Waals surface area contributed by atoms with E-state index in [1.807, 2.05) is 13.0 Å². The van der Waals surface area contributed by atoms with Crippen LogP contribution in [0.5, 0.6) is 0 Å². The zero-order valence-electron chi connectivity index (χ0n) is 11.4. The van der Waals surface area contributed by atoms with E-state index >= 15 is 0 Å². The molecule has 0 saturated carbocycles. The SMILES string of the molecule is Cc1cc(Br)cc(NS(=O)(=O)c2ccc3[nH]c(=O)oc3c2)c1. The second-order valence-corrected chi connectivity index (χ2v) is 7.39. The number of hydrogen-bond acceptors (Lipinski definition) is 4. The second-order valence-electron chi connectivity index (χ2n) is 4.80. The van der Waals surface area contributed by atoms with Gasteiger partial charge in [0.1, 0.15) is 0 Å². The van der Waals surface area contributed by atoms with Crippen molar-refractivity contribution in [1.29, 1.82) is 0 Å². The van der Waals surface area contributed by atoms with Gasteiger partial charge in [-0.05, 0) is 42.8 Å². The van der Waals surface area contributed by atoms with E-state index in [0.717, 1.165) is 10.0 Å². The summed E-state index contributed by atoms with van der Waals surface area (Å²) in [5.41, 5.74) is 2.00. The normalized spacial score (nSPS) is 11.7. The zero-order valence-corrected chi connectivity index (χ0v) is 13.8. The number of halogens is 1. The molecule has 0 unspecified atom stereocenters. The Balaban J connectivity index is 2.01. The number of aromatic amines is 1. The third-order valence-electron chi connectivity index (χ3n) is 3.00. The predicted octanol–water partition coefficient (Wildman–Crippen LogP) is 2.99. The highest BCUT2D eigenvalue weighted by atomic mass is 79.9. The standard InChI is InChI=1S/C14H11BrN2O4S/c1-8-4-9(15)6-10(5-8)17-22(19,20)11-2-3-12-13(7-11)21-14(18)16-12/h2-7,17H,1H3,(H,16,18). The molecule has 2 N–H and O–H groups in total. The minimum Gasteiger partial charge on any atom is -0.408 e. The molecular formula is C14H11BrN2O4S. The minimum atomic E-state index is -3.78. The molecule has 0 aliphatic carbocycles. The van der Waals surface area contributed by atoms with Crippen molar-refractivity contribution in [3.05, 3.63) is 57.0 Å². The van der Waals surface area contributed by atoms with E-state index in [-0.39, 0.29) is 10.5 Å². The second kappa shape index (κ2) is 5.29. The molecule has 0 aliphatic heterocycles. The first-order valence-electron chi connectivity index (χ1n) is 6.26. The van der Waals surface area contributed by atoms with Gasteiger partial charge in [-0.2, -0.15) is 0 Å². The lowest BCUT2D eigenvalue weighted by Crippen LogP contribution is -2.13. The fraction of sp³-hybridized carbons (Fsp3) is 0.0714. The Morgan fingerprint density at radius 1 is 1.18 bits per heavy atom. The van der Waals surface area contributed by atoms with E-state index in [2.05, 4.69) is 25.6 Å². The van der Waals surface area contributed by atoms with Gasteiger partial charge in [-0.1, -0.05) is 15.9 Å². The largest absolute Gasteiger partial charge is 0.417 e. The van der Waals surface area contributed by atoms with Gasteiger partial charge in [0.25, 0.3) is 10.0 Å². The summed E-state index contributed by atoms with van der Waals surface area (Å²) in [6, 6.07) is 9.46. The third kappa shape index (κ3) is 2.93. The Labute approximate surface area is 134 Å². The van der Waals surface area contributed by atoms with Crippen LogP contribution in [0.2, 0.25) is 0 Å². The summed E-state index contributed by atoms with van der Waals surface area (Å²) in [4.78, 5) is 13.6. The Bertz CT molecular complexity index is 1000. The lowest BCUT2D eigenvalue weighted by Gasteiger charge is -2.09. The summed E-state index contributed by atoms with van der Waals surface area (Å²) >= 11 is 3.32. The van der Waals surface area contributed by atoms with Crippen molar-refractivity contribution in [2.24, 2.45) is 0 Å². The van der Waals surface area contributed by atoms with Crippen LogP contribution in [-0.2, 0) is 10.0 Å². The molecule has 0 amide bonds. The number of anilines is 1. The van der Waals surface area contributed by atoms with Gasteiger partial charge in [-0.3, -0.25) is 9.71 Å². The van der Waals surface area contributed by atoms with Crippen molar-refractivity contribution in [1.82, 2.24) is 4.98 Å². The maximum absolute atomic E-state index is 12.4. The van der Waals surface area contributed by atoms with E-state index in [1.54, 1.807) is 12.1 Å². The van der Waals surface area contributed by atoms with Gasteiger partial charge in [-0.25, -0.2) is 13.2 Å². The molecule has 114 valence electrons. The summed E-state index contributed by atoms with van der Waals surface area (Å²) in [6.45, 7) is 1.86. The minimum absolute atomic E-state index is 0.0142. The maximum atomic E-state index is 12.4. The Morgan fingerprint density at radius 2 is 1.95 bits per heavy atom. The average Bonchev–Trinajstić information content (AvgIpc) is 2.75. The van der Waals surface area contributed by atoms with E-state index in [0.29, 0.717) is 11.2 Å². The molecule has 22 heavy (non-hydrogen) atoms. The van der Waals surface area contributed by atoms with Crippen LogP contribution in [0.4, 0.5) is 5.69 Å². The van der Waals surface area contributed by atoms with Crippen LogP contribution in [0.25, 0.3) is 11.1 Å². The highest BCUT2D eigenvalue weighted by Gasteiger charge is 2.16. The molecule has 0 saturated heterocycles. The first kappa shape index (κ1) is 14.9. The predicted molar refractivity (Wildman–Crippen MR) is 86.5 cm³/mol. The highest BCUT2D eigenvalue weighted by Crippen LogP contribution is 2.23. The van der Waals surface area contributed by atoms with Crippen LogP contribution < -0.4 is 10.5 Å². The van der Waals surface area contributed by atoms with Crippen LogP contribution in [0.3, 0.4) is 0 Å². The number of H-pyrrole nitrogens is 1. The quantitative estimate of drug-likeness (QED) is 0.727. The van der Waals surface area contributed by atoms with Gasteiger partial charge in [0.2, 0.25) is 0 Å². The average molecular weight is 383 g/mol. The summed E-state index contributed by atoms with van der Waals surface area (Å²) < 4.78 is 33.0. The van der Waals surface area contributed by atoms with E-state index in [4.69, 9.17) is 4.42 Å². The van der Waals surface area contributed by atoms with Crippen LogP contribution in [-0.4, -0.2) is 13.4 Å². The van der Waals surface area contributed by atoms with Crippen molar-refractivity contribution in [3.8, 4) is 0 Å². The number of fused-ring (bicyclic) bond motifs is 1. The van der Waals surface area contributed by atoms with Gasteiger partial charge < -0.3 is 4.42 Å². The Hall–Kier alpha value is -2.06. The number of rotatable bonds is 3. The van der Waals surface area contributed by atoms with Crippen molar-refractivity contribution in [3.63, 3.8) is 0 Å². The van der Waals surface area contributed by atoms with Gasteiger partial charge in [0, 0.05) is 10.5 Å². The Morgan fingerprint density at radius 3 is 2.68 bits per heavy atom. The monoisotopic (exact) mass is 382 g/mol. The maximum Gasteiger partial charge on any atom is 0.417 e. The summed E-state index contributed by atoms with van der Waals surface area (Å²) in [5, 5.41) is 0. The van der Waals surface area contributed by atoms with E-state index < -0.39 is 15.8 Å². The van der Waals surface area contributed by atoms with Gasteiger partial charge in [-0.15, -0.1) is 0 Å². The molecule has 0 fully saturated rings. The number of hydrogen-bond donors (Lipinski definition) is 2. The fourth-order valence-electron chi connectivity index (χ4n) is 2.10. The molecule has 3 rings (SSSR count). The molecule has 2 aromatic carbocycles. The number of nitrogens with one attached hydrogen (secondary N) is 2. The highest BCUT2D eigenvalue weighted by molar-refractivity contribution is 9.10. The summed E-state index contributed by atoms with van der Waals surface area (Å²) in [6.07, 6.45) is 0. The lowest BCUT2D eigenvalue weighted by atomic mass is 10.2. The zero-order chi connectivity index (χ0) is 15.9. The number of sulfonamides is 1. The van der Waals surface area contributed by atoms with Crippen molar-refractivity contribution in [2.75, 3.05) is 4.72 Å². The molecule has 0 bridgehead atoms. The first-order chi connectivity index (χ1) is 10.3. The molecule has 0 spiro atoms. The van der Waals surface area contributed by atoms with Crippen molar-refractivity contribution < 1.29 is 12.8 Å². The van der Waals surface area contributed by atoms with Crippen molar-refractivity contribution in [2.45, 2.75) is 11.8 Å². The molecule has 1 aromatic heterocycles. The molecule has 6 nitrogen and oxygen atoms in total. The van der Waals surface area contributed by atoms with Gasteiger partial charge >= 0.3 is 5.76 Å². The molecular weight excluding hydrogens is 372 g/mol. The number of aryl methyl sites for hydroxylation is 1. The molecule has 0 atom stereocenters. The van der Waals surface area contributed by atoms with Crippen LogP contribution >= 0.6 is 15.9 Å². The van der Waals surface area contributed by atoms with Crippen LogP contribution in [0.1, 0.15) is 5.56 Å². The van der Waals surface area contributed by atoms with Crippen molar-refractivity contribution >= 4 is 42.7 Å². The molecule has 0 radical (unpaired) electrons. The summed E-state index contributed by atoms with van der Waals surface area (Å²) in [5.74, 6) is -0.625. The third-order valence-corrected chi connectivity index (χ3v) is 4.83. The van der Waals surface area contributed by atoms with E-state index in [1.165, 1.54) is 18.2 Å². The number of aromatic nitrogens is 1. The molecule has 1 heterocycles. The topological polar surface area (TPSA) is 92.2 Å². The molecule has 8 heteroatoms. The summed E-state index contributed by atoms with van der Waals surface area (Å²) in [7, 11) is -3.78. The van der Waals surface area contributed by atoms with Gasteiger partial charge in [0.05, 0.1) is 16.1 Å². The first-order valence-corrected chi connectivity index (χ1v) is 8.54. The fourth-order valence-corrected chi connectivity index (χ4v) is 3.77. The number of oxazole rings is 1. The molecule has 0 aliphatic rings. The Kier molecular flexibility index (Phi) is 3.57. The van der Waals surface area contributed by atoms with Crippen LogP contribution in [0, 0.1) is 6.92 Å². The number of benzene rings is 2. The van der Waals surface area contributed by atoms with Gasteiger partial charge in [0.15, 0.2) is 5.58 Å². The lowest BCUT2D eigenvalue weighted by molar-refractivity contribution is 0.554.